The molecule has 47 heavy (non-hydrogen) atoms. The van der Waals surface area contributed by atoms with Crippen molar-refractivity contribution in [1.29, 1.82) is 0 Å². The van der Waals surface area contributed by atoms with Crippen molar-refractivity contribution in [3.63, 3.8) is 0 Å². The third-order valence-electron chi connectivity index (χ3n) is 7.42. The molecule has 0 bridgehead atoms. The number of ether oxygens (including phenoxy) is 3. The third-order valence-corrected chi connectivity index (χ3v) is 8.64. The molecule has 5 rings (SSSR count). The van der Waals surface area contributed by atoms with Crippen LogP contribution >= 0.6 is 0 Å². The molecule has 3 heterocycles. The molecule has 1 saturated heterocycles. The number of aryl methyl sites for hydroxylation is 1. The summed E-state index contributed by atoms with van der Waals surface area (Å²) in [6.07, 6.45) is 4.51. The van der Waals surface area contributed by atoms with Crippen molar-refractivity contribution in [3.8, 4) is 22.9 Å². The fourth-order valence-electron chi connectivity index (χ4n) is 5.21. The first-order valence-electron chi connectivity index (χ1n) is 15.3. The van der Waals surface area contributed by atoms with E-state index in [1.807, 2.05) is 33.8 Å². The van der Waals surface area contributed by atoms with Gasteiger partial charge in [0, 0.05) is 49.4 Å². The molecule has 1 fully saturated rings. The van der Waals surface area contributed by atoms with Gasteiger partial charge in [-0.25, -0.2) is 32.6 Å². The van der Waals surface area contributed by atoms with Crippen molar-refractivity contribution < 1.29 is 31.8 Å². The van der Waals surface area contributed by atoms with Gasteiger partial charge in [-0.15, -0.1) is 0 Å². The summed E-state index contributed by atoms with van der Waals surface area (Å²) in [6.45, 7) is 8.39. The number of carbonyl (C=O) groups excluding carboxylic acids is 1. The number of amides is 1. The zero-order valence-corrected chi connectivity index (χ0v) is 27.9. The minimum Gasteiger partial charge on any atom is -0.444 e. The number of nitrogens with one attached hydrogen (secondary N) is 2. The van der Waals surface area contributed by atoms with Gasteiger partial charge in [-0.2, -0.15) is 0 Å². The average Bonchev–Trinajstić information content (AvgIpc) is 3.02. The molecule has 1 amide bonds. The molecule has 0 spiro atoms. The average molecular weight is 667 g/mol. The van der Waals surface area contributed by atoms with Crippen LogP contribution in [0, 0.1) is 12.7 Å². The maximum absolute atomic E-state index is 15.0. The highest BCUT2D eigenvalue weighted by atomic mass is 32.2. The smallest absolute Gasteiger partial charge is 0.410 e. The van der Waals surface area contributed by atoms with Gasteiger partial charge in [0.15, 0.2) is 0 Å². The first-order valence-corrected chi connectivity index (χ1v) is 16.9. The summed E-state index contributed by atoms with van der Waals surface area (Å²) in [5.74, 6) is -0.0371. The number of fused-ring (bicyclic) bond motifs is 1. The van der Waals surface area contributed by atoms with Gasteiger partial charge in [-0.05, 0) is 76.4 Å². The Morgan fingerprint density at radius 2 is 1.87 bits per heavy atom. The Kier molecular flexibility index (Phi) is 10.1. The van der Waals surface area contributed by atoms with E-state index in [9.17, 15) is 17.6 Å². The molecule has 0 aliphatic carbocycles. The molecule has 1 aliphatic heterocycles. The minimum atomic E-state index is -3.88. The van der Waals surface area contributed by atoms with Crippen LogP contribution < -0.4 is 14.8 Å². The van der Waals surface area contributed by atoms with E-state index < -0.39 is 21.4 Å². The Morgan fingerprint density at radius 3 is 2.64 bits per heavy atom. The van der Waals surface area contributed by atoms with E-state index in [2.05, 4.69) is 20.0 Å². The summed E-state index contributed by atoms with van der Waals surface area (Å²) >= 11 is 0. The Hall–Kier alpha value is -4.56. The zero-order chi connectivity index (χ0) is 33.8. The lowest BCUT2D eigenvalue weighted by Gasteiger charge is -2.34. The van der Waals surface area contributed by atoms with Crippen LogP contribution in [0.3, 0.4) is 0 Å². The molecule has 0 radical (unpaired) electrons. The number of sulfonamides is 1. The summed E-state index contributed by atoms with van der Waals surface area (Å²) in [5.41, 5.74) is 1.09. The van der Waals surface area contributed by atoms with E-state index in [0.717, 1.165) is 18.4 Å². The normalized spacial score (nSPS) is 15.4. The molecule has 0 unspecified atom stereocenters. The van der Waals surface area contributed by atoms with Gasteiger partial charge in [-0.3, -0.25) is 4.72 Å². The predicted molar refractivity (Wildman–Crippen MR) is 178 cm³/mol. The topological polar surface area (TPSA) is 145 Å². The Morgan fingerprint density at radius 1 is 1.09 bits per heavy atom. The van der Waals surface area contributed by atoms with Crippen LogP contribution in [-0.4, -0.2) is 78.6 Å². The summed E-state index contributed by atoms with van der Waals surface area (Å²) in [7, 11) is -2.49. The number of nitrogens with zero attached hydrogens (tertiary/aromatic N) is 4. The number of likely N-dealkylation sites (tertiary alicyclic amines) is 1. The number of methoxy groups -OCH3 is 1. The quantitative estimate of drug-likeness (QED) is 0.203. The van der Waals surface area contributed by atoms with Gasteiger partial charge in [0.1, 0.15) is 17.2 Å². The maximum atomic E-state index is 15.0. The second-order valence-corrected chi connectivity index (χ2v) is 14.1. The molecule has 250 valence electrons. The lowest BCUT2D eigenvalue weighted by molar-refractivity contribution is 0.0206. The first-order chi connectivity index (χ1) is 22.3. The van der Waals surface area contributed by atoms with Crippen LogP contribution in [-0.2, 0) is 19.5 Å². The summed E-state index contributed by atoms with van der Waals surface area (Å²) in [6, 6.07) is 11.3. The highest BCUT2D eigenvalue weighted by Crippen LogP contribution is 2.39. The van der Waals surface area contributed by atoms with Crippen LogP contribution in [0.5, 0.6) is 11.6 Å². The SMILES string of the molecule is COCCS(=O)(=O)Nc1c(F)ccc2c(Oc3ncccc3-c3ccnc(N[C@H]4CCCN(C(=O)OC(C)(C)C)C4)n3)c(C)ccc12. The number of halogens is 1. The number of hydrogen-bond acceptors (Lipinski definition) is 10. The van der Waals surface area contributed by atoms with Gasteiger partial charge in [-0.1, -0.05) is 12.1 Å². The van der Waals surface area contributed by atoms with E-state index in [0.29, 0.717) is 46.8 Å². The van der Waals surface area contributed by atoms with Gasteiger partial charge in [0.25, 0.3) is 0 Å². The minimum absolute atomic E-state index is 0.0386. The highest BCUT2D eigenvalue weighted by Gasteiger charge is 2.28. The van der Waals surface area contributed by atoms with Crippen LogP contribution in [0.2, 0.25) is 0 Å². The molecule has 12 nitrogen and oxygen atoms in total. The molecule has 4 aromatic rings. The zero-order valence-electron chi connectivity index (χ0n) is 27.0. The largest absolute Gasteiger partial charge is 0.444 e. The van der Waals surface area contributed by atoms with Gasteiger partial charge in [0.05, 0.1) is 29.3 Å². The van der Waals surface area contributed by atoms with Crippen LogP contribution in [0.4, 0.5) is 20.8 Å². The van der Waals surface area contributed by atoms with Crippen molar-refractivity contribution in [3.05, 3.63) is 66.2 Å². The number of pyridine rings is 1. The Balaban J connectivity index is 1.41. The number of piperidine rings is 1. The molecule has 2 N–H and O–H groups in total. The number of rotatable bonds is 10. The number of aromatic nitrogens is 3. The molecule has 14 heteroatoms. The number of hydrogen-bond donors (Lipinski definition) is 2. The fourth-order valence-corrected chi connectivity index (χ4v) is 6.22. The van der Waals surface area contributed by atoms with Gasteiger partial charge >= 0.3 is 6.09 Å². The molecular weight excluding hydrogens is 627 g/mol. The van der Waals surface area contributed by atoms with Crippen molar-refractivity contribution >= 4 is 38.5 Å². The highest BCUT2D eigenvalue weighted by molar-refractivity contribution is 7.92. The second-order valence-electron chi connectivity index (χ2n) is 12.3. The van der Waals surface area contributed by atoms with Crippen molar-refractivity contribution in [2.45, 2.75) is 52.2 Å². The van der Waals surface area contributed by atoms with Crippen LogP contribution in [0.1, 0.15) is 39.2 Å². The number of carbonyl (C=O) groups is 1. The monoisotopic (exact) mass is 666 g/mol. The summed E-state index contributed by atoms with van der Waals surface area (Å²) in [4.78, 5) is 28.0. The number of benzene rings is 2. The van der Waals surface area contributed by atoms with E-state index in [-0.39, 0.29) is 36.1 Å². The summed E-state index contributed by atoms with van der Waals surface area (Å²) in [5, 5.41) is 4.17. The molecule has 2 aromatic heterocycles. The molecule has 1 atom stereocenters. The van der Waals surface area contributed by atoms with E-state index >= 15 is 0 Å². The van der Waals surface area contributed by atoms with Gasteiger partial charge in [0.2, 0.25) is 21.9 Å². The van der Waals surface area contributed by atoms with Crippen molar-refractivity contribution in [2.75, 3.05) is 42.6 Å². The fraction of sp³-hybridized carbons (Fsp3) is 0.394. The lowest BCUT2D eigenvalue weighted by Crippen LogP contribution is -2.47. The molecule has 0 saturated carbocycles. The predicted octanol–water partition coefficient (Wildman–Crippen LogP) is 6.13. The van der Waals surface area contributed by atoms with Crippen molar-refractivity contribution in [2.24, 2.45) is 0 Å². The lowest BCUT2D eigenvalue weighted by atomic mass is 10.0. The summed E-state index contributed by atoms with van der Waals surface area (Å²) < 4.78 is 59.4. The van der Waals surface area contributed by atoms with E-state index in [1.54, 1.807) is 47.6 Å². The van der Waals surface area contributed by atoms with Crippen LogP contribution in [0.15, 0.2) is 54.9 Å². The number of anilines is 2. The van der Waals surface area contributed by atoms with Crippen LogP contribution in [0.25, 0.3) is 22.0 Å². The van der Waals surface area contributed by atoms with Gasteiger partial charge < -0.3 is 24.4 Å². The maximum Gasteiger partial charge on any atom is 0.410 e. The second kappa shape index (κ2) is 14.1. The Labute approximate surface area is 273 Å². The third kappa shape index (κ3) is 8.43. The molecule has 1 aliphatic rings. The molecule has 2 aromatic carbocycles. The first kappa shape index (κ1) is 33.8. The standard InChI is InChI=1S/C33H39FN6O6S/c1-21-10-11-23-24(12-13-26(34)28(23)39-47(42,43)19-18-44-5)29(21)45-30-25(9-6-15-35-30)27-14-16-36-31(38-27)37-22-8-7-17-40(20-22)32(41)46-33(2,3)4/h6,9-16,22,39H,7-8,17-20H2,1-5H3,(H,36,37,38)/t22-/m0/s1. The van der Waals surface area contributed by atoms with E-state index in [1.165, 1.54) is 13.2 Å². The molecular formula is C33H39FN6O6S. The van der Waals surface area contributed by atoms with E-state index in [4.69, 9.17) is 19.2 Å². The Bertz CT molecular complexity index is 1870. The van der Waals surface area contributed by atoms with Crippen molar-refractivity contribution in [1.82, 2.24) is 19.9 Å².